The van der Waals surface area contributed by atoms with Gasteiger partial charge in [-0.1, -0.05) is 12.2 Å². The molecule has 0 atom stereocenters. The molecule has 98 valence electrons. The summed E-state index contributed by atoms with van der Waals surface area (Å²) < 4.78 is 0. The highest BCUT2D eigenvalue weighted by Gasteiger charge is 2.17. The number of hydrogen-bond acceptors (Lipinski definition) is 3. The van der Waals surface area contributed by atoms with Crippen LogP contribution in [0.1, 0.15) is 20.8 Å². The molecule has 0 fully saturated rings. The number of amides is 1. The number of carbonyl (C=O) groups excluding carboxylic acids is 1. The smallest absolute Gasteiger partial charge is 0.266 e. The predicted molar refractivity (Wildman–Crippen MR) is 73.6 cm³/mol. The second kappa shape index (κ2) is 7.33. The fourth-order valence-corrected chi connectivity index (χ4v) is 1.15. The molecule has 0 aliphatic heterocycles. The molecular weight excluding hydrogens is 226 g/mol. The molecule has 4 heteroatoms. The van der Waals surface area contributed by atoms with Crippen molar-refractivity contribution in [2.45, 2.75) is 26.3 Å². The number of carbonyl (C=O) groups is 1. The van der Waals surface area contributed by atoms with E-state index in [1.165, 1.54) is 11.1 Å². The van der Waals surface area contributed by atoms with E-state index in [9.17, 15) is 4.79 Å². The molecule has 0 bridgehead atoms. The van der Waals surface area contributed by atoms with Gasteiger partial charge in [-0.3, -0.25) is 4.79 Å². The van der Waals surface area contributed by atoms with Gasteiger partial charge in [-0.25, -0.2) is 0 Å². The molecule has 0 aromatic carbocycles. The average molecular weight is 247 g/mol. The highest BCUT2D eigenvalue weighted by Crippen LogP contribution is 2.04. The molecule has 0 saturated heterocycles. The first-order valence-corrected chi connectivity index (χ1v) is 5.74. The number of nitriles is 1. The zero-order chi connectivity index (χ0) is 14.2. The van der Waals surface area contributed by atoms with Crippen LogP contribution < -0.4 is 5.32 Å². The summed E-state index contributed by atoms with van der Waals surface area (Å²) in [4.78, 5) is 13.6. The highest BCUT2D eigenvalue weighted by atomic mass is 16.2. The van der Waals surface area contributed by atoms with E-state index in [0.29, 0.717) is 13.1 Å². The maximum Gasteiger partial charge on any atom is 0.266 e. The third kappa shape index (κ3) is 5.90. The zero-order valence-electron chi connectivity index (χ0n) is 11.4. The maximum atomic E-state index is 12.1. The topological polar surface area (TPSA) is 56.1 Å². The standard InChI is InChI=1S/C14H21N3O/c1-6-8-17(9-7-2)13(18)12(10-15)11-16-14(3,4)5/h6-7,11,16H,1-2,8-9H2,3-5H3/b12-11-. The van der Waals surface area contributed by atoms with Crippen molar-refractivity contribution in [3.63, 3.8) is 0 Å². The molecule has 0 aromatic heterocycles. The monoisotopic (exact) mass is 247 g/mol. The van der Waals surface area contributed by atoms with E-state index in [1.807, 2.05) is 26.8 Å². The fourth-order valence-electron chi connectivity index (χ4n) is 1.15. The molecule has 0 unspecified atom stereocenters. The number of hydrogen-bond donors (Lipinski definition) is 1. The molecule has 0 aliphatic rings. The molecule has 0 spiro atoms. The number of rotatable bonds is 6. The summed E-state index contributed by atoms with van der Waals surface area (Å²) in [6.07, 6.45) is 4.70. The van der Waals surface area contributed by atoms with E-state index in [4.69, 9.17) is 5.26 Å². The molecular formula is C14H21N3O. The van der Waals surface area contributed by atoms with Crippen LogP contribution in [0.15, 0.2) is 37.1 Å². The number of nitrogens with zero attached hydrogens (tertiary/aromatic N) is 2. The lowest BCUT2D eigenvalue weighted by molar-refractivity contribution is -0.125. The van der Waals surface area contributed by atoms with E-state index in [-0.39, 0.29) is 17.0 Å². The normalized spacial score (nSPS) is 11.3. The minimum Gasteiger partial charge on any atom is -0.385 e. The van der Waals surface area contributed by atoms with Crippen LogP contribution in [0.2, 0.25) is 0 Å². The first-order chi connectivity index (χ1) is 8.35. The Labute approximate surface area is 109 Å². The van der Waals surface area contributed by atoms with Crippen LogP contribution in [0.4, 0.5) is 0 Å². The Morgan fingerprint density at radius 3 is 2.17 bits per heavy atom. The van der Waals surface area contributed by atoms with Crippen LogP contribution in [0, 0.1) is 11.3 Å². The zero-order valence-corrected chi connectivity index (χ0v) is 11.4. The Morgan fingerprint density at radius 1 is 1.33 bits per heavy atom. The summed E-state index contributed by atoms with van der Waals surface area (Å²) in [6, 6.07) is 1.91. The lowest BCUT2D eigenvalue weighted by Crippen LogP contribution is -2.35. The Morgan fingerprint density at radius 2 is 1.83 bits per heavy atom. The molecule has 18 heavy (non-hydrogen) atoms. The Bertz CT molecular complexity index is 373. The fraction of sp³-hybridized carbons (Fsp3) is 0.429. The van der Waals surface area contributed by atoms with E-state index in [1.54, 1.807) is 12.2 Å². The average Bonchev–Trinajstić information content (AvgIpc) is 2.27. The molecule has 0 radical (unpaired) electrons. The van der Waals surface area contributed by atoms with Crippen molar-refractivity contribution in [2.75, 3.05) is 13.1 Å². The van der Waals surface area contributed by atoms with Gasteiger partial charge in [0.2, 0.25) is 0 Å². The van der Waals surface area contributed by atoms with Crippen molar-refractivity contribution >= 4 is 5.91 Å². The summed E-state index contributed by atoms with van der Waals surface area (Å²) in [6.45, 7) is 13.8. The summed E-state index contributed by atoms with van der Waals surface area (Å²) in [5, 5.41) is 12.0. The van der Waals surface area contributed by atoms with Gasteiger partial charge in [0.15, 0.2) is 0 Å². The van der Waals surface area contributed by atoms with E-state index in [0.717, 1.165) is 0 Å². The van der Waals surface area contributed by atoms with Gasteiger partial charge in [-0.05, 0) is 20.8 Å². The second-order valence-corrected chi connectivity index (χ2v) is 4.85. The summed E-state index contributed by atoms with van der Waals surface area (Å²) >= 11 is 0. The van der Waals surface area contributed by atoms with E-state index >= 15 is 0 Å². The lowest BCUT2D eigenvalue weighted by atomic mass is 10.1. The van der Waals surface area contributed by atoms with Gasteiger partial charge in [0.1, 0.15) is 11.6 Å². The predicted octanol–water partition coefficient (Wildman–Crippen LogP) is 1.98. The van der Waals surface area contributed by atoms with Crippen molar-refractivity contribution in [1.82, 2.24) is 10.2 Å². The summed E-state index contributed by atoms with van der Waals surface area (Å²) in [7, 11) is 0. The minimum atomic E-state index is -0.325. The van der Waals surface area contributed by atoms with Crippen LogP contribution in [0.5, 0.6) is 0 Å². The first-order valence-electron chi connectivity index (χ1n) is 5.74. The van der Waals surface area contributed by atoms with Crippen LogP contribution >= 0.6 is 0 Å². The van der Waals surface area contributed by atoms with Gasteiger partial charge in [-0.2, -0.15) is 5.26 Å². The van der Waals surface area contributed by atoms with Gasteiger partial charge in [-0.15, -0.1) is 13.2 Å². The first kappa shape index (κ1) is 16.0. The molecule has 0 heterocycles. The van der Waals surface area contributed by atoms with E-state index < -0.39 is 0 Å². The third-order valence-corrected chi connectivity index (χ3v) is 1.99. The van der Waals surface area contributed by atoms with Crippen LogP contribution in [-0.2, 0) is 4.79 Å². The molecule has 1 N–H and O–H groups in total. The van der Waals surface area contributed by atoms with Crippen LogP contribution in [-0.4, -0.2) is 29.4 Å². The molecule has 4 nitrogen and oxygen atoms in total. The Balaban J connectivity index is 4.93. The van der Waals surface area contributed by atoms with Gasteiger partial charge >= 0.3 is 0 Å². The van der Waals surface area contributed by atoms with Crippen LogP contribution in [0.25, 0.3) is 0 Å². The quantitative estimate of drug-likeness (QED) is 0.443. The molecule has 0 aromatic rings. The third-order valence-electron chi connectivity index (χ3n) is 1.99. The molecule has 1 amide bonds. The maximum absolute atomic E-state index is 12.1. The molecule has 0 saturated carbocycles. The largest absolute Gasteiger partial charge is 0.385 e. The van der Waals surface area contributed by atoms with Gasteiger partial charge in [0.05, 0.1) is 0 Å². The lowest BCUT2D eigenvalue weighted by Gasteiger charge is -2.21. The minimum absolute atomic E-state index is 0.0774. The Hall–Kier alpha value is -2.02. The molecule has 0 aliphatic carbocycles. The number of nitrogens with one attached hydrogen (secondary N) is 1. The SMILES string of the molecule is C=CCN(CC=C)C(=O)/C(C#N)=C\NC(C)(C)C. The Kier molecular flexibility index (Phi) is 6.51. The van der Waals surface area contributed by atoms with E-state index in [2.05, 4.69) is 18.5 Å². The van der Waals surface area contributed by atoms with Crippen LogP contribution in [0.3, 0.4) is 0 Å². The van der Waals surface area contributed by atoms with Gasteiger partial charge in [0, 0.05) is 24.8 Å². The summed E-state index contributed by atoms with van der Waals surface area (Å²) in [5.74, 6) is -0.325. The second-order valence-electron chi connectivity index (χ2n) is 4.85. The van der Waals surface area contributed by atoms with Gasteiger partial charge < -0.3 is 10.2 Å². The summed E-state index contributed by atoms with van der Waals surface area (Å²) in [5.41, 5.74) is -0.113. The molecule has 0 rings (SSSR count). The van der Waals surface area contributed by atoms with Crippen molar-refractivity contribution < 1.29 is 4.79 Å². The van der Waals surface area contributed by atoms with Crippen molar-refractivity contribution in [3.05, 3.63) is 37.1 Å². The van der Waals surface area contributed by atoms with Crippen molar-refractivity contribution in [3.8, 4) is 6.07 Å². The van der Waals surface area contributed by atoms with Gasteiger partial charge in [0.25, 0.3) is 5.91 Å². The van der Waals surface area contributed by atoms with Crippen molar-refractivity contribution in [2.24, 2.45) is 0 Å². The van der Waals surface area contributed by atoms with Crippen molar-refractivity contribution in [1.29, 1.82) is 5.26 Å². The highest BCUT2D eigenvalue weighted by molar-refractivity contribution is 5.97.